The van der Waals surface area contributed by atoms with Gasteiger partial charge in [0, 0.05) is 56.1 Å². The third-order valence-corrected chi connectivity index (χ3v) is 13.8. The molecule has 0 aliphatic carbocycles. The Kier molecular flexibility index (Phi) is 44.1. The number of halogens is 1. The summed E-state index contributed by atoms with van der Waals surface area (Å²) in [6, 6.07) is 0.542. The van der Waals surface area contributed by atoms with Crippen LogP contribution in [-0.2, 0) is 59.9 Å². The van der Waals surface area contributed by atoms with Crippen LogP contribution in [0, 0.1) is 27.1 Å². The van der Waals surface area contributed by atoms with E-state index in [-0.39, 0.29) is 101 Å². The fourth-order valence-electron chi connectivity index (χ4n) is 3.09. The van der Waals surface area contributed by atoms with Gasteiger partial charge in [-0.05, 0) is 44.7 Å². The van der Waals surface area contributed by atoms with E-state index in [1.54, 1.807) is 20.8 Å². The molecule has 0 aliphatic heterocycles. The van der Waals surface area contributed by atoms with Gasteiger partial charge in [-0.3, -0.25) is 19.2 Å². The molecule has 0 atom stereocenters. The Labute approximate surface area is 424 Å². The van der Waals surface area contributed by atoms with Crippen LogP contribution in [0.1, 0.15) is 132 Å². The molecule has 12 nitrogen and oxygen atoms in total. The van der Waals surface area contributed by atoms with Crippen molar-refractivity contribution in [1.82, 2.24) is 4.67 Å². The second-order valence-electron chi connectivity index (χ2n) is 19.3. The van der Waals surface area contributed by atoms with Gasteiger partial charge < -0.3 is 45.8 Å². The molecule has 0 saturated carbocycles. The minimum Gasteiger partial charge on any atom is -0.741 e. The van der Waals surface area contributed by atoms with E-state index in [1.165, 1.54) is 35.3 Å². The summed E-state index contributed by atoms with van der Waals surface area (Å²) < 4.78 is 30.7. The molecule has 0 unspecified atom stereocenters. The van der Waals surface area contributed by atoms with Crippen LogP contribution in [0.4, 0.5) is 0 Å². The molecule has 0 aromatic rings. The predicted octanol–water partition coefficient (Wildman–Crippen LogP) is 7.22. The van der Waals surface area contributed by atoms with Crippen molar-refractivity contribution in [2.24, 2.45) is 27.1 Å². The van der Waals surface area contributed by atoms with Crippen molar-refractivity contribution >= 4 is 93.7 Å². The molecule has 0 bridgehead atoms. The Hall–Kier alpha value is 1.06. The first-order valence-corrected chi connectivity index (χ1v) is 25.5. The van der Waals surface area contributed by atoms with E-state index in [4.69, 9.17) is 40.0 Å². The molecule has 19 heteroatoms. The number of rotatable bonds is 22. The minimum atomic E-state index is -1.25. The van der Waals surface area contributed by atoms with Crippen LogP contribution in [0.5, 0.6) is 0 Å². The number of carbonyl (C=O) groups is 5. The van der Waals surface area contributed by atoms with Gasteiger partial charge in [-0.25, -0.2) is 4.67 Å². The number of aliphatic hydroxyl groups excluding tert-OH is 1. The van der Waals surface area contributed by atoms with Crippen LogP contribution in [0.25, 0.3) is 0 Å². The molecule has 0 saturated heterocycles. The Balaban J connectivity index is -0.000000312. The molecule has 0 rings (SSSR count). The molecule has 364 valence electrons. The van der Waals surface area contributed by atoms with Gasteiger partial charge in [0.1, 0.15) is 0 Å². The second-order valence-corrected chi connectivity index (χ2v) is 24.6. The SMILES string of the molecule is CC(C)(C)C(=O)Cl.CC(C)(C)C(=O)SCCOCCO.CC(C)(C)C(=O)[S-].CC(C)N(C(C)C)P(OCCOCCSC(=O)C(C)(C)C)OCCOCCSC(=O)C(C)(C)C.[Na+]. The summed E-state index contributed by atoms with van der Waals surface area (Å²) in [5.41, 5.74) is -1.63. The van der Waals surface area contributed by atoms with E-state index in [2.05, 4.69) is 45.0 Å². The van der Waals surface area contributed by atoms with Gasteiger partial charge in [0.25, 0.3) is 8.53 Å². The van der Waals surface area contributed by atoms with Crippen molar-refractivity contribution in [3.8, 4) is 0 Å². The Morgan fingerprint density at radius 3 is 0.984 bits per heavy atom. The van der Waals surface area contributed by atoms with Gasteiger partial charge >= 0.3 is 29.6 Å². The van der Waals surface area contributed by atoms with Crippen molar-refractivity contribution in [3.05, 3.63) is 0 Å². The van der Waals surface area contributed by atoms with Crippen molar-refractivity contribution in [1.29, 1.82) is 0 Å². The molecule has 62 heavy (non-hydrogen) atoms. The van der Waals surface area contributed by atoms with Gasteiger partial charge in [0.15, 0.2) is 15.3 Å². The van der Waals surface area contributed by atoms with E-state index < -0.39 is 8.53 Å². The first kappa shape index (κ1) is 72.0. The quantitative estimate of drug-likeness (QED) is 0.0381. The predicted molar refractivity (Wildman–Crippen MR) is 263 cm³/mol. The number of nitrogens with zero attached hydrogens (tertiary/aromatic N) is 1. The van der Waals surface area contributed by atoms with Crippen molar-refractivity contribution in [2.75, 3.05) is 76.7 Å². The van der Waals surface area contributed by atoms with Crippen LogP contribution in [-0.4, -0.2) is 124 Å². The van der Waals surface area contributed by atoms with Crippen LogP contribution < -0.4 is 29.6 Å². The maximum Gasteiger partial charge on any atom is 1.00 e. The number of thioether (sulfide) groups is 3. The third kappa shape index (κ3) is 44.9. The molecule has 0 spiro atoms. The molecule has 0 heterocycles. The average Bonchev–Trinajstić information content (AvgIpc) is 3.08. The third-order valence-electron chi connectivity index (χ3n) is 6.76. The largest absolute Gasteiger partial charge is 1.00 e. The fraction of sp³-hybridized carbons (Fsp3) is 0.884. The maximum atomic E-state index is 11.9. The normalized spacial score (nSPS) is 12.1. The summed E-state index contributed by atoms with van der Waals surface area (Å²) in [6.07, 6.45) is 0. The van der Waals surface area contributed by atoms with Crippen LogP contribution in [0.15, 0.2) is 0 Å². The fourth-order valence-corrected chi connectivity index (χ4v) is 7.11. The summed E-state index contributed by atoms with van der Waals surface area (Å²) >= 11 is 13.4. The maximum absolute atomic E-state index is 11.9. The standard InChI is InChI=1S/C24H48NO6PS2.C9H18O3S.C5H9ClO.C5H10OS.Na/c1-19(2)25(20(3)4)32(30-13-11-28-15-17-33-21(26)23(5,6)7)31-14-12-29-16-18-34-22(27)24(8,9)10;1-9(2,3)8(11)13-7-6-12-5-4-10;2*1-5(2,3)4(6)7;/h19-20H,11-18H2,1-10H3;10H,4-7H2,1-3H3;1-3H3;1-3H3,(H,6,7);/q;;;;+1/p-1. The van der Waals surface area contributed by atoms with E-state index in [9.17, 15) is 24.0 Å². The van der Waals surface area contributed by atoms with E-state index in [0.717, 1.165) is 0 Å². The van der Waals surface area contributed by atoms with Crippen molar-refractivity contribution < 1.29 is 81.9 Å². The van der Waals surface area contributed by atoms with Crippen LogP contribution in [0.2, 0.25) is 0 Å². The molecular formula is C43H84ClNNaO11PS4. The second kappa shape index (κ2) is 38.0. The zero-order valence-corrected chi connectivity index (χ0v) is 49.0. The van der Waals surface area contributed by atoms with Gasteiger partial charge in [-0.2, -0.15) is 0 Å². The Bertz CT molecular complexity index is 1150. The molecule has 0 aromatic carbocycles. The molecule has 0 amide bonds. The van der Waals surface area contributed by atoms with Gasteiger partial charge in [0.05, 0.1) is 59.5 Å². The van der Waals surface area contributed by atoms with Gasteiger partial charge in [-0.15, -0.1) is 0 Å². The average molecular weight is 1010 g/mol. The molecule has 0 aromatic heterocycles. The van der Waals surface area contributed by atoms with Gasteiger partial charge in [0.2, 0.25) is 5.24 Å². The van der Waals surface area contributed by atoms with Crippen molar-refractivity contribution in [3.63, 3.8) is 0 Å². The Morgan fingerprint density at radius 1 is 0.532 bits per heavy atom. The summed E-state index contributed by atoms with van der Waals surface area (Å²) in [6.45, 7) is 40.2. The number of ether oxygens (including phenoxy) is 3. The summed E-state index contributed by atoms with van der Waals surface area (Å²) in [5, 5.41) is 8.48. The number of carbonyl (C=O) groups excluding carboxylic acids is 5. The van der Waals surface area contributed by atoms with E-state index in [1.807, 2.05) is 83.1 Å². The molecule has 0 fully saturated rings. The minimum absolute atomic E-state index is 0. The number of hydrogen-bond acceptors (Lipinski definition) is 16. The van der Waals surface area contributed by atoms with Crippen molar-refractivity contribution in [2.45, 2.75) is 144 Å². The van der Waals surface area contributed by atoms with E-state index >= 15 is 0 Å². The number of hydrogen-bond donors (Lipinski definition) is 1. The topological polar surface area (TPSA) is 155 Å². The Morgan fingerprint density at radius 2 is 0.790 bits per heavy atom. The number of aliphatic hydroxyl groups is 1. The molecular weight excluding hydrogens is 924 g/mol. The monoisotopic (exact) mass is 1010 g/mol. The summed E-state index contributed by atoms with van der Waals surface area (Å²) in [4.78, 5) is 55.7. The zero-order valence-electron chi connectivity index (χ0n) is 42.1. The molecule has 0 radical (unpaired) electrons. The summed E-state index contributed by atoms with van der Waals surface area (Å²) in [7, 11) is -1.25. The first-order valence-electron chi connectivity index (χ1n) is 20.7. The molecule has 0 aliphatic rings. The van der Waals surface area contributed by atoms with Crippen LogP contribution >= 0.6 is 55.4 Å². The summed E-state index contributed by atoms with van der Waals surface area (Å²) in [5.74, 6) is 1.95. The molecule has 1 N–H and O–H groups in total. The van der Waals surface area contributed by atoms with Gasteiger partial charge in [-0.1, -0.05) is 139 Å². The van der Waals surface area contributed by atoms with E-state index in [0.29, 0.717) is 70.1 Å². The zero-order chi connectivity index (χ0) is 48.8. The first-order chi connectivity index (χ1) is 27.5. The van der Waals surface area contributed by atoms with Crippen LogP contribution in [0.3, 0.4) is 0 Å². The smallest absolute Gasteiger partial charge is 0.741 e.